The van der Waals surface area contributed by atoms with E-state index in [1.807, 2.05) is 13.8 Å². The van der Waals surface area contributed by atoms with E-state index in [0.717, 1.165) is 28.2 Å². The van der Waals surface area contributed by atoms with Gasteiger partial charge in [0, 0.05) is 5.56 Å². The number of nitrogens with one attached hydrogen (secondary N) is 1. The maximum Gasteiger partial charge on any atom is 0.325 e. The van der Waals surface area contributed by atoms with E-state index in [0.29, 0.717) is 5.56 Å². The van der Waals surface area contributed by atoms with Crippen molar-refractivity contribution in [3.8, 4) is 0 Å². The highest BCUT2D eigenvalue weighted by molar-refractivity contribution is 6.11. The number of carbonyl (C=O) groups excluding carboxylic acids is 3. The first-order valence-corrected chi connectivity index (χ1v) is 8.33. The summed E-state index contributed by atoms with van der Waals surface area (Å²) < 4.78 is 26.7. The van der Waals surface area contributed by atoms with Crippen molar-refractivity contribution in [2.45, 2.75) is 26.3 Å². The molecule has 1 heterocycles. The molecule has 27 heavy (non-hydrogen) atoms. The molecule has 1 aliphatic rings. The summed E-state index contributed by atoms with van der Waals surface area (Å²) in [5, 5.41) is 2.47. The van der Waals surface area contributed by atoms with Crippen LogP contribution in [0.15, 0.2) is 36.4 Å². The molecule has 0 saturated carbocycles. The Morgan fingerprint density at radius 1 is 1.04 bits per heavy atom. The minimum atomic E-state index is -1.57. The van der Waals surface area contributed by atoms with E-state index in [2.05, 4.69) is 5.32 Å². The van der Waals surface area contributed by atoms with Gasteiger partial charge in [-0.15, -0.1) is 0 Å². The number of benzene rings is 2. The van der Waals surface area contributed by atoms with Gasteiger partial charge in [0.05, 0.1) is 6.54 Å². The molecule has 5 nitrogen and oxygen atoms in total. The molecule has 1 N–H and O–H groups in total. The lowest BCUT2D eigenvalue weighted by molar-refractivity contribution is -0.130. The second-order valence-electron chi connectivity index (χ2n) is 6.80. The van der Waals surface area contributed by atoms with Crippen LogP contribution in [0.25, 0.3) is 0 Å². The number of urea groups is 1. The van der Waals surface area contributed by atoms with Crippen molar-refractivity contribution in [3.05, 3.63) is 70.3 Å². The summed E-state index contributed by atoms with van der Waals surface area (Å²) >= 11 is 0. The fourth-order valence-corrected chi connectivity index (χ4v) is 2.99. The van der Waals surface area contributed by atoms with Crippen LogP contribution < -0.4 is 5.32 Å². The third-order valence-corrected chi connectivity index (χ3v) is 4.90. The molecule has 3 rings (SSSR count). The van der Waals surface area contributed by atoms with Crippen LogP contribution >= 0.6 is 0 Å². The van der Waals surface area contributed by atoms with Crippen LogP contribution in [-0.2, 0) is 10.3 Å². The summed E-state index contributed by atoms with van der Waals surface area (Å²) in [6, 6.07) is 7.35. The molecule has 0 bridgehead atoms. The predicted molar refractivity (Wildman–Crippen MR) is 94.2 cm³/mol. The highest BCUT2D eigenvalue weighted by Crippen LogP contribution is 2.30. The third-order valence-electron chi connectivity index (χ3n) is 4.90. The number of rotatable bonds is 4. The molecule has 1 aliphatic heterocycles. The normalized spacial score (nSPS) is 19.4. The zero-order chi connectivity index (χ0) is 19.9. The molecule has 1 saturated heterocycles. The van der Waals surface area contributed by atoms with Crippen LogP contribution in [0.5, 0.6) is 0 Å². The molecular weight excluding hydrogens is 354 g/mol. The number of amides is 3. The molecule has 1 atom stereocenters. The minimum absolute atomic E-state index is 0.0980. The number of carbonyl (C=O) groups is 3. The monoisotopic (exact) mass is 372 g/mol. The Balaban J connectivity index is 1.86. The topological polar surface area (TPSA) is 66.5 Å². The van der Waals surface area contributed by atoms with Crippen LogP contribution in [0.4, 0.5) is 13.6 Å². The lowest BCUT2D eigenvalue weighted by Gasteiger charge is -2.22. The van der Waals surface area contributed by atoms with Crippen molar-refractivity contribution in [2.24, 2.45) is 0 Å². The minimum Gasteiger partial charge on any atom is -0.319 e. The molecule has 0 radical (unpaired) electrons. The molecule has 2 aromatic rings. The quantitative estimate of drug-likeness (QED) is 0.662. The average molecular weight is 372 g/mol. The Morgan fingerprint density at radius 3 is 2.37 bits per heavy atom. The standard InChI is InChI=1S/C20H18F2N2O3/c1-11-4-5-13(8-12(11)2)17(25)10-24-18(26)20(3,23-19(24)27)14-6-7-15(21)16(22)9-14/h4-9H,10H2,1-3H3,(H,23,27). The Kier molecular flexibility index (Phi) is 4.55. The molecule has 0 aliphatic carbocycles. The summed E-state index contributed by atoms with van der Waals surface area (Å²) in [7, 11) is 0. The van der Waals surface area contributed by atoms with Crippen molar-refractivity contribution in [1.82, 2.24) is 10.2 Å². The number of hydrogen-bond donors (Lipinski definition) is 1. The van der Waals surface area contributed by atoms with Gasteiger partial charge in [-0.05, 0) is 55.7 Å². The maximum absolute atomic E-state index is 13.6. The van der Waals surface area contributed by atoms with E-state index >= 15 is 0 Å². The van der Waals surface area contributed by atoms with Gasteiger partial charge in [0.2, 0.25) is 0 Å². The van der Waals surface area contributed by atoms with Gasteiger partial charge < -0.3 is 5.32 Å². The second-order valence-corrected chi connectivity index (χ2v) is 6.80. The number of aryl methyl sites for hydroxylation is 2. The van der Waals surface area contributed by atoms with Gasteiger partial charge >= 0.3 is 6.03 Å². The Morgan fingerprint density at radius 2 is 1.74 bits per heavy atom. The number of Topliss-reactive ketones (excluding diaryl/α,β-unsaturated/α-hetero) is 1. The van der Waals surface area contributed by atoms with Gasteiger partial charge in [-0.25, -0.2) is 13.6 Å². The van der Waals surface area contributed by atoms with Crippen molar-refractivity contribution in [1.29, 1.82) is 0 Å². The summed E-state index contributed by atoms with van der Waals surface area (Å²) in [5.41, 5.74) is 0.855. The molecule has 1 unspecified atom stereocenters. The van der Waals surface area contributed by atoms with E-state index in [-0.39, 0.29) is 5.56 Å². The van der Waals surface area contributed by atoms with E-state index < -0.39 is 41.4 Å². The SMILES string of the molecule is Cc1ccc(C(=O)CN2C(=O)NC(C)(c3ccc(F)c(F)c3)C2=O)cc1C. The maximum atomic E-state index is 13.6. The van der Waals surface area contributed by atoms with Gasteiger partial charge in [-0.3, -0.25) is 14.5 Å². The lowest BCUT2D eigenvalue weighted by atomic mass is 9.92. The first-order chi connectivity index (χ1) is 12.6. The molecule has 140 valence electrons. The third kappa shape index (κ3) is 3.20. The number of halogens is 2. The Labute approximate surface area is 155 Å². The summed E-state index contributed by atoms with van der Waals surface area (Å²) in [5.74, 6) is -3.27. The second kappa shape index (κ2) is 6.57. The number of hydrogen-bond acceptors (Lipinski definition) is 3. The van der Waals surface area contributed by atoms with E-state index in [1.54, 1.807) is 18.2 Å². The van der Waals surface area contributed by atoms with Crippen LogP contribution in [0.3, 0.4) is 0 Å². The molecule has 0 spiro atoms. The fraction of sp³-hybridized carbons (Fsp3) is 0.250. The summed E-state index contributed by atoms with van der Waals surface area (Å²) in [4.78, 5) is 38.4. The Hall–Kier alpha value is -3.09. The highest BCUT2D eigenvalue weighted by atomic mass is 19.2. The van der Waals surface area contributed by atoms with Gasteiger partial charge in [0.15, 0.2) is 17.4 Å². The summed E-state index contributed by atoms with van der Waals surface area (Å²) in [6.45, 7) is 4.72. The van der Waals surface area contributed by atoms with E-state index in [1.165, 1.54) is 13.0 Å². The van der Waals surface area contributed by atoms with Crippen LogP contribution in [-0.4, -0.2) is 29.2 Å². The molecule has 2 aromatic carbocycles. The smallest absolute Gasteiger partial charge is 0.319 e. The molecule has 3 amide bonds. The summed E-state index contributed by atoms with van der Waals surface area (Å²) in [6.07, 6.45) is 0. The van der Waals surface area contributed by atoms with Crippen LogP contribution in [0, 0.1) is 25.5 Å². The molecule has 7 heteroatoms. The zero-order valence-electron chi connectivity index (χ0n) is 15.1. The predicted octanol–water partition coefficient (Wildman–Crippen LogP) is 3.23. The van der Waals surface area contributed by atoms with Gasteiger partial charge in [-0.2, -0.15) is 0 Å². The lowest BCUT2D eigenvalue weighted by Crippen LogP contribution is -2.41. The Bertz CT molecular complexity index is 974. The van der Waals surface area contributed by atoms with Gasteiger partial charge in [0.25, 0.3) is 5.91 Å². The average Bonchev–Trinajstić information content (AvgIpc) is 2.83. The van der Waals surface area contributed by atoms with E-state index in [4.69, 9.17) is 0 Å². The largest absolute Gasteiger partial charge is 0.325 e. The van der Waals surface area contributed by atoms with Gasteiger partial charge in [-0.1, -0.05) is 18.2 Å². The first-order valence-electron chi connectivity index (χ1n) is 8.33. The van der Waals surface area contributed by atoms with Crippen molar-refractivity contribution in [3.63, 3.8) is 0 Å². The molecule has 0 aromatic heterocycles. The molecule has 1 fully saturated rings. The van der Waals surface area contributed by atoms with Crippen LogP contribution in [0.2, 0.25) is 0 Å². The zero-order valence-corrected chi connectivity index (χ0v) is 15.1. The number of imide groups is 1. The number of ketones is 1. The van der Waals surface area contributed by atoms with E-state index in [9.17, 15) is 23.2 Å². The van der Waals surface area contributed by atoms with Crippen molar-refractivity contribution < 1.29 is 23.2 Å². The van der Waals surface area contributed by atoms with Crippen molar-refractivity contribution in [2.75, 3.05) is 6.54 Å². The number of nitrogens with zero attached hydrogens (tertiary/aromatic N) is 1. The highest BCUT2D eigenvalue weighted by Gasteiger charge is 2.49. The first kappa shape index (κ1) is 18.7. The van der Waals surface area contributed by atoms with Gasteiger partial charge in [0.1, 0.15) is 5.54 Å². The van der Waals surface area contributed by atoms with Crippen LogP contribution in [0.1, 0.15) is 34.0 Å². The van der Waals surface area contributed by atoms with Crippen molar-refractivity contribution >= 4 is 17.7 Å². The fourth-order valence-electron chi connectivity index (χ4n) is 2.99. The molecular formula is C20H18F2N2O3.